The first-order valence-corrected chi connectivity index (χ1v) is 10.8. The highest BCUT2D eigenvalue weighted by Crippen LogP contribution is 2.29. The Balaban J connectivity index is 1.72. The lowest BCUT2D eigenvalue weighted by atomic mass is 10.3. The summed E-state index contributed by atoms with van der Waals surface area (Å²) in [6.45, 7) is 7.99. The van der Waals surface area contributed by atoms with Crippen LogP contribution in [0.5, 0.6) is 5.75 Å². The van der Waals surface area contributed by atoms with Crippen LogP contribution in [0.4, 0.5) is 9.52 Å². The highest BCUT2D eigenvalue weighted by molar-refractivity contribution is 7.22. The number of nitrogens with zero attached hydrogens (tertiary/aromatic N) is 2. The first kappa shape index (κ1) is 21.2. The number of nitrogens with one attached hydrogen (secondary N) is 1. The van der Waals surface area contributed by atoms with E-state index in [-0.39, 0.29) is 18.1 Å². The molecule has 2 aromatic carbocycles. The minimum atomic E-state index is -0.297. The van der Waals surface area contributed by atoms with Crippen molar-refractivity contribution in [1.82, 2.24) is 4.98 Å². The van der Waals surface area contributed by atoms with E-state index >= 15 is 0 Å². The molecule has 0 spiro atoms. The summed E-state index contributed by atoms with van der Waals surface area (Å²) in [5.41, 5.74) is 0.708. The van der Waals surface area contributed by atoms with Crippen LogP contribution in [0.1, 0.15) is 20.3 Å². The molecular weight excluding hydrogens is 389 g/mol. The molecule has 1 amide bonds. The molecule has 0 fully saturated rings. The number of aromatic nitrogens is 1. The second kappa shape index (κ2) is 10.3. The largest absolute Gasteiger partial charge is 0.493 e. The molecule has 1 heterocycles. The number of para-hydroxylation sites is 1. The molecule has 0 bridgehead atoms. The van der Waals surface area contributed by atoms with Gasteiger partial charge in [-0.2, -0.15) is 0 Å². The van der Waals surface area contributed by atoms with Gasteiger partial charge in [-0.1, -0.05) is 29.5 Å². The van der Waals surface area contributed by atoms with Gasteiger partial charge < -0.3 is 9.64 Å². The number of carbonyl (C=O) groups excluding carboxylic acids is 1. The number of anilines is 1. The van der Waals surface area contributed by atoms with Crippen LogP contribution in [0.15, 0.2) is 48.5 Å². The van der Waals surface area contributed by atoms with E-state index in [1.807, 2.05) is 30.3 Å². The van der Waals surface area contributed by atoms with E-state index < -0.39 is 0 Å². The average Bonchev–Trinajstić information content (AvgIpc) is 3.14. The van der Waals surface area contributed by atoms with Crippen LogP contribution in [0, 0.1) is 5.82 Å². The zero-order valence-electron chi connectivity index (χ0n) is 16.9. The van der Waals surface area contributed by atoms with Crippen molar-refractivity contribution in [2.24, 2.45) is 0 Å². The Hall–Kier alpha value is -2.51. The van der Waals surface area contributed by atoms with Crippen molar-refractivity contribution in [2.75, 3.05) is 37.7 Å². The fraction of sp³-hybridized carbons (Fsp3) is 0.364. The van der Waals surface area contributed by atoms with Crippen LogP contribution < -0.4 is 14.5 Å². The summed E-state index contributed by atoms with van der Waals surface area (Å²) in [5.74, 6) is 0.413. The molecule has 0 aliphatic heterocycles. The van der Waals surface area contributed by atoms with E-state index in [0.717, 1.165) is 30.1 Å². The van der Waals surface area contributed by atoms with Crippen molar-refractivity contribution in [1.29, 1.82) is 0 Å². The Morgan fingerprint density at radius 1 is 1.17 bits per heavy atom. The zero-order chi connectivity index (χ0) is 20.6. The van der Waals surface area contributed by atoms with E-state index in [1.165, 1.54) is 28.4 Å². The van der Waals surface area contributed by atoms with Gasteiger partial charge in [0.2, 0.25) is 5.91 Å². The number of halogens is 1. The van der Waals surface area contributed by atoms with Gasteiger partial charge in [-0.3, -0.25) is 9.69 Å². The van der Waals surface area contributed by atoms with Gasteiger partial charge in [0.15, 0.2) is 5.13 Å². The molecule has 0 radical (unpaired) electrons. The van der Waals surface area contributed by atoms with Gasteiger partial charge >= 0.3 is 0 Å². The van der Waals surface area contributed by atoms with Gasteiger partial charge in [-0.25, -0.2) is 9.37 Å². The highest BCUT2D eigenvalue weighted by atomic mass is 32.1. The summed E-state index contributed by atoms with van der Waals surface area (Å²) in [5, 5.41) is 0.613. The summed E-state index contributed by atoms with van der Waals surface area (Å²) in [6, 6.07) is 14.0. The lowest BCUT2D eigenvalue weighted by Gasteiger charge is -2.23. The molecule has 29 heavy (non-hydrogen) atoms. The minimum absolute atomic E-state index is 0.0352. The summed E-state index contributed by atoms with van der Waals surface area (Å²) in [6.07, 6.45) is 0.257. The molecular formula is C22H27FN3O2S+. The van der Waals surface area contributed by atoms with E-state index in [1.54, 1.807) is 11.0 Å². The molecule has 0 atom stereocenters. The second-order valence-corrected chi connectivity index (χ2v) is 7.78. The predicted molar refractivity (Wildman–Crippen MR) is 115 cm³/mol. The van der Waals surface area contributed by atoms with E-state index in [2.05, 4.69) is 18.8 Å². The topological polar surface area (TPSA) is 46.9 Å². The van der Waals surface area contributed by atoms with Crippen LogP contribution in [0.3, 0.4) is 0 Å². The average molecular weight is 417 g/mol. The number of fused-ring (bicyclic) bond motifs is 1. The lowest BCUT2D eigenvalue weighted by Crippen LogP contribution is -3.12. The quantitative estimate of drug-likeness (QED) is 0.552. The number of hydrogen-bond acceptors (Lipinski definition) is 4. The molecule has 0 aliphatic rings. The molecule has 5 nitrogen and oxygen atoms in total. The van der Waals surface area contributed by atoms with Crippen LogP contribution in [-0.4, -0.2) is 43.7 Å². The maximum absolute atomic E-state index is 13.6. The third-order valence-corrected chi connectivity index (χ3v) is 5.93. The Morgan fingerprint density at radius 3 is 2.66 bits per heavy atom. The first-order valence-electron chi connectivity index (χ1n) is 9.98. The van der Waals surface area contributed by atoms with Crippen molar-refractivity contribution in [2.45, 2.75) is 20.3 Å². The Kier molecular flexibility index (Phi) is 7.55. The van der Waals surface area contributed by atoms with Gasteiger partial charge in [0.25, 0.3) is 0 Å². The zero-order valence-corrected chi connectivity index (χ0v) is 17.7. The molecule has 3 rings (SSSR count). The van der Waals surface area contributed by atoms with Crippen molar-refractivity contribution in [3.63, 3.8) is 0 Å². The number of benzene rings is 2. The molecule has 0 saturated carbocycles. The molecule has 0 saturated heterocycles. The first-order chi connectivity index (χ1) is 14.1. The number of ether oxygens (including phenoxy) is 1. The van der Waals surface area contributed by atoms with E-state index in [4.69, 9.17) is 4.74 Å². The Morgan fingerprint density at radius 2 is 1.93 bits per heavy atom. The summed E-state index contributed by atoms with van der Waals surface area (Å²) < 4.78 is 20.0. The summed E-state index contributed by atoms with van der Waals surface area (Å²) in [7, 11) is 0. The summed E-state index contributed by atoms with van der Waals surface area (Å²) in [4.78, 5) is 20.7. The SMILES string of the molecule is CC[NH+](CC)CCN(C(=O)CCOc1ccccc1)c1nc2ccc(F)cc2s1. The third-order valence-electron chi connectivity index (χ3n) is 4.89. The Labute approximate surface area is 174 Å². The van der Waals surface area contributed by atoms with Gasteiger partial charge in [-0.15, -0.1) is 0 Å². The van der Waals surface area contributed by atoms with E-state index in [9.17, 15) is 9.18 Å². The normalized spacial score (nSPS) is 11.2. The van der Waals surface area contributed by atoms with Crippen molar-refractivity contribution in [3.05, 3.63) is 54.3 Å². The predicted octanol–water partition coefficient (Wildman–Crippen LogP) is 3.16. The molecule has 0 aliphatic carbocycles. The van der Waals surface area contributed by atoms with Gasteiger partial charge in [0.05, 0.1) is 49.4 Å². The summed E-state index contributed by atoms with van der Waals surface area (Å²) >= 11 is 1.35. The maximum Gasteiger partial charge on any atom is 0.232 e. The van der Waals surface area contributed by atoms with Gasteiger partial charge in [0, 0.05) is 0 Å². The number of amides is 1. The molecule has 3 aromatic rings. The van der Waals surface area contributed by atoms with Crippen LogP contribution in [-0.2, 0) is 4.79 Å². The fourth-order valence-electron chi connectivity index (χ4n) is 3.11. The number of rotatable bonds is 10. The highest BCUT2D eigenvalue weighted by Gasteiger charge is 2.21. The van der Waals surface area contributed by atoms with Crippen molar-refractivity contribution >= 4 is 32.6 Å². The smallest absolute Gasteiger partial charge is 0.232 e. The lowest BCUT2D eigenvalue weighted by molar-refractivity contribution is -0.894. The van der Waals surface area contributed by atoms with Crippen LogP contribution >= 0.6 is 11.3 Å². The number of carbonyl (C=O) groups is 1. The second-order valence-electron chi connectivity index (χ2n) is 6.77. The number of hydrogen-bond donors (Lipinski definition) is 1. The maximum atomic E-state index is 13.6. The number of likely N-dealkylation sites (N-methyl/N-ethyl adjacent to an activating group) is 1. The van der Waals surface area contributed by atoms with Gasteiger partial charge in [-0.05, 0) is 44.2 Å². The molecule has 1 N–H and O–H groups in total. The third kappa shape index (κ3) is 5.74. The monoisotopic (exact) mass is 416 g/mol. The van der Waals surface area contributed by atoms with Crippen LogP contribution in [0.25, 0.3) is 10.2 Å². The van der Waals surface area contributed by atoms with Crippen molar-refractivity contribution < 1.29 is 18.8 Å². The van der Waals surface area contributed by atoms with Crippen LogP contribution in [0.2, 0.25) is 0 Å². The molecule has 1 aromatic heterocycles. The Bertz CT molecular complexity index is 928. The standard InChI is InChI=1S/C22H26FN3O2S/c1-3-25(4-2)13-14-26(21(27)12-15-28-18-8-6-5-7-9-18)22-24-19-11-10-17(23)16-20(19)29-22/h5-11,16H,3-4,12-15H2,1-2H3/p+1. The van der Waals surface area contributed by atoms with E-state index in [0.29, 0.717) is 23.8 Å². The molecule has 0 unspecified atom stereocenters. The number of quaternary nitrogens is 1. The fourth-order valence-corrected chi connectivity index (χ4v) is 4.14. The minimum Gasteiger partial charge on any atom is -0.493 e. The molecule has 154 valence electrons. The van der Waals surface area contributed by atoms with Crippen molar-refractivity contribution in [3.8, 4) is 5.75 Å². The molecule has 7 heteroatoms. The van der Waals surface area contributed by atoms with Gasteiger partial charge in [0.1, 0.15) is 11.6 Å². The number of thiazole rings is 1.